The van der Waals surface area contributed by atoms with E-state index in [0.717, 1.165) is 18.4 Å². The summed E-state index contributed by atoms with van der Waals surface area (Å²) in [6, 6.07) is 7.41. The molecule has 0 aromatic heterocycles. The van der Waals surface area contributed by atoms with Crippen molar-refractivity contribution < 1.29 is 23.9 Å². The normalized spacial score (nSPS) is 13.4. The van der Waals surface area contributed by atoms with Crippen molar-refractivity contribution in [2.75, 3.05) is 31.6 Å². The maximum absolute atomic E-state index is 11.9. The number of carbonyl (C=O) groups excluding carboxylic acids is 4. The zero-order chi connectivity index (χ0) is 18.9. The molecule has 2 N–H and O–H groups in total. The number of nitrogens with one attached hydrogen (secondary N) is 2. The molecule has 0 atom stereocenters. The van der Waals surface area contributed by atoms with E-state index in [1.807, 2.05) is 25.1 Å². The van der Waals surface area contributed by atoms with Crippen LogP contribution in [0.1, 0.15) is 25.3 Å². The van der Waals surface area contributed by atoms with Gasteiger partial charge in [-0.2, -0.15) is 0 Å². The summed E-state index contributed by atoms with van der Waals surface area (Å²) >= 11 is 0. The summed E-state index contributed by atoms with van der Waals surface area (Å²) in [5, 5.41) is 5.12. The van der Waals surface area contributed by atoms with Crippen LogP contribution in [0.15, 0.2) is 24.3 Å². The van der Waals surface area contributed by atoms with E-state index in [-0.39, 0.29) is 24.9 Å². The van der Waals surface area contributed by atoms with Gasteiger partial charge in [-0.3, -0.25) is 19.2 Å². The Hall–Kier alpha value is -2.90. The molecule has 0 aliphatic carbocycles. The van der Waals surface area contributed by atoms with Gasteiger partial charge in [0, 0.05) is 18.7 Å². The van der Waals surface area contributed by atoms with Crippen molar-refractivity contribution in [1.82, 2.24) is 10.2 Å². The second-order valence-corrected chi connectivity index (χ2v) is 5.92. The Kier molecular flexibility index (Phi) is 7.13. The minimum absolute atomic E-state index is 0.0876. The summed E-state index contributed by atoms with van der Waals surface area (Å²) in [6.07, 6.45) is 1.94. The van der Waals surface area contributed by atoms with Crippen LogP contribution in [0.25, 0.3) is 0 Å². The summed E-state index contributed by atoms with van der Waals surface area (Å²) in [4.78, 5) is 48.0. The maximum atomic E-state index is 11.9. The molecular weight excluding hydrogens is 338 g/mol. The van der Waals surface area contributed by atoms with Crippen molar-refractivity contribution >= 4 is 29.4 Å². The number of hydrogen-bond donors (Lipinski definition) is 2. The lowest BCUT2D eigenvalue weighted by molar-refractivity contribution is -0.151. The molecule has 2 rings (SSSR count). The Balaban J connectivity index is 1.67. The molecule has 3 amide bonds. The Labute approximate surface area is 151 Å². The summed E-state index contributed by atoms with van der Waals surface area (Å²) in [6.45, 7) is 1.65. The highest BCUT2D eigenvalue weighted by atomic mass is 16.5. The second kappa shape index (κ2) is 9.55. The van der Waals surface area contributed by atoms with Gasteiger partial charge < -0.3 is 20.3 Å². The van der Waals surface area contributed by atoms with Gasteiger partial charge in [0.05, 0.1) is 6.54 Å². The Morgan fingerprint density at radius 1 is 1.19 bits per heavy atom. The minimum Gasteiger partial charge on any atom is -0.454 e. The highest BCUT2D eigenvalue weighted by molar-refractivity contribution is 5.95. The van der Waals surface area contributed by atoms with E-state index >= 15 is 0 Å². The molecule has 140 valence electrons. The Bertz CT molecular complexity index is 689. The zero-order valence-corrected chi connectivity index (χ0v) is 14.7. The van der Waals surface area contributed by atoms with Crippen LogP contribution in [0.3, 0.4) is 0 Å². The van der Waals surface area contributed by atoms with Crippen LogP contribution in [0.5, 0.6) is 0 Å². The highest BCUT2D eigenvalue weighted by Gasteiger charge is 2.23. The van der Waals surface area contributed by atoms with Crippen LogP contribution in [-0.4, -0.2) is 54.8 Å². The molecule has 0 saturated carbocycles. The average Bonchev–Trinajstić information content (AvgIpc) is 3.03. The van der Waals surface area contributed by atoms with Gasteiger partial charge in [-0.15, -0.1) is 0 Å². The van der Waals surface area contributed by atoms with Gasteiger partial charge in [0.1, 0.15) is 6.54 Å². The summed E-state index contributed by atoms with van der Waals surface area (Å²) in [5.41, 5.74) is 1.70. The number of carbonyl (C=O) groups is 4. The van der Waals surface area contributed by atoms with Crippen molar-refractivity contribution in [1.29, 1.82) is 0 Å². The first-order valence-electron chi connectivity index (χ1n) is 8.57. The predicted octanol–water partition coefficient (Wildman–Crippen LogP) is 0.469. The smallest absolute Gasteiger partial charge is 0.326 e. The lowest BCUT2D eigenvalue weighted by Gasteiger charge is -2.14. The summed E-state index contributed by atoms with van der Waals surface area (Å²) in [5.74, 6) is -1.68. The van der Waals surface area contributed by atoms with Crippen LogP contribution >= 0.6 is 0 Å². The molecule has 1 aromatic carbocycles. The van der Waals surface area contributed by atoms with Crippen molar-refractivity contribution in [3.8, 4) is 0 Å². The number of ether oxygens (including phenoxy) is 1. The highest BCUT2D eigenvalue weighted by Crippen LogP contribution is 2.14. The maximum Gasteiger partial charge on any atom is 0.326 e. The van der Waals surface area contributed by atoms with Gasteiger partial charge in [-0.25, -0.2) is 0 Å². The molecule has 0 radical (unpaired) electrons. The van der Waals surface area contributed by atoms with Crippen LogP contribution in [0.4, 0.5) is 5.69 Å². The quantitative estimate of drug-likeness (QED) is 0.655. The first-order chi connectivity index (χ1) is 12.5. The summed E-state index contributed by atoms with van der Waals surface area (Å²) < 4.78 is 4.82. The van der Waals surface area contributed by atoms with Crippen LogP contribution in [0, 0.1) is 0 Å². The Morgan fingerprint density at radius 3 is 2.65 bits per heavy atom. The number of benzene rings is 1. The average molecular weight is 361 g/mol. The van der Waals surface area contributed by atoms with Crippen LogP contribution in [-0.2, 0) is 30.3 Å². The summed E-state index contributed by atoms with van der Waals surface area (Å²) in [7, 11) is 0. The standard InChI is InChI=1S/C18H23N3O5/c1-2-13-6-3-4-7-14(13)20-15(22)10-19-16(23)12-26-18(25)11-21-9-5-8-17(21)24/h3-4,6-7H,2,5,8-12H2,1H3,(H,19,23)(H,20,22). The van der Waals surface area contributed by atoms with Gasteiger partial charge in [0.15, 0.2) is 6.61 Å². The lowest BCUT2D eigenvalue weighted by Crippen LogP contribution is -2.37. The number of likely N-dealkylation sites (tertiary alicyclic amines) is 1. The van der Waals surface area contributed by atoms with E-state index in [0.29, 0.717) is 18.7 Å². The molecule has 26 heavy (non-hydrogen) atoms. The van der Waals surface area contributed by atoms with E-state index in [1.54, 1.807) is 6.07 Å². The minimum atomic E-state index is -0.642. The first-order valence-corrected chi connectivity index (χ1v) is 8.57. The third-order valence-corrected chi connectivity index (χ3v) is 3.97. The molecule has 1 heterocycles. The van der Waals surface area contributed by atoms with Crippen LogP contribution < -0.4 is 10.6 Å². The molecule has 8 heteroatoms. The number of rotatable bonds is 8. The third-order valence-electron chi connectivity index (χ3n) is 3.97. The Morgan fingerprint density at radius 2 is 1.96 bits per heavy atom. The number of esters is 1. The molecule has 0 spiro atoms. The molecule has 1 saturated heterocycles. The fourth-order valence-electron chi connectivity index (χ4n) is 2.59. The lowest BCUT2D eigenvalue weighted by atomic mass is 10.1. The third kappa shape index (κ3) is 5.87. The zero-order valence-electron chi connectivity index (χ0n) is 14.7. The number of nitrogens with zero attached hydrogens (tertiary/aromatic N) is 1. The van der Waals surface area contributed by atoms with Crippen LogP contribution in [0.2, 0.25) is 0 Å². The molecule has 1 fully saturated rings. The molecular formula is C18H23N3O5. The molecule has 1 aliphatic rings. The van der Waals surface area contributed by atoms with Gasteiger partial charge in [0.2, 0.25) is 11.8 Å². The topological polar surface area (TPSA) is 105 Å². The predicted molar refractivity (Wildman–Crippen MR) is 94.2 cm³/mol. The van der Waals surface area contributed by atoms with Crippen molar-refractivity contribution in [3.05, 3.63) is 29.8 Å². The van der Waals surface area contributed by atoms with E-state index in [9.17, 15) is 19.2 Å². The molecule has 0 unspecified atom stereocenters. The SMILES string of the molecule is CCc1ccccc1NC(=O)CNC(=O)COC(=O)CN1CCCC1=O. The van der Waals surface area contributed by atoms with Gasteiger partial charge in [0.25, 0.3) is 5.91 Å². The number of para-hydroxylation sites is 1. The van der Waals surface area contributed by atoms with Crippen molar-refractivity contribution in [3.63, 3.8) is 0 Å². The molecule has 8 nitrogen and oxygen atoms in total. The second-order valence-electron chi connectivity index (χ2n) is 5.92. The fraction of sp³-hybridized carbons (Fsp3) is 0.444. The molecule has 1 aliphatic heterocycles. The first kappa shape index (κ1) is 19.4. The van der Waals surface area contributed by atoms with E-state index in [1.165, 1.54) is 4.90 Å². The number of hydrogen-bond acceptors (Lipinski definition) is 5. The van der Waals surface area contributed by atoms with Gasteiger partial charge in [-0.1, -0.05) is 25.1 Å². The number of aryl methyl sites for hydroxylation is 1. The van der Waals surface area contributed by atoms with Crippen molar-refractivity contribution in [2.24, 2.45) is 0 Å². The van der Waals surface area contributed by atoms with E-state index in [4.69, 9.17) is 4.74 Å². The molecule has 0 bridgehead atoms. The van der Waals surface area contributed by atoms with E-state index < -0.39 is 18.5 Å². The monoisotopic (exact) mass is 361 g/mol. The fourth-order valence-corrected chi connectivity index (χ4v) is 2.59. The van der Waals surface area contributed by atoms with Crippen molar-refractivity contribution in [2.45, 2.75) is 26.2 Å². The largest absolute Gasteiger partial charge is 0.454 e. The van der Waals surface area contributed by atoms with Gasteiger partial charge >= 0.3 is 5.97 Å². The molecule has 1 aromatic rings. The number of anilines is 1. The number of amides is 3. The van der Waals surface area contributed by atoms with Gasteiger partial charge in [-0.05, 0) is 24.5 Å². The van der Waals surface area contributed by atoms with E-state index in [2.05, 4.69) is 10.6 Å².